The van der Waals surface area contributed by atoms with E-state index in [9.17, 15) is 14.4 Å². The van der Waals surface area contributed by atoms with Crippen molar-refractivity contribution in [1.82, 2.24) is 10.2 Å². The topological polar surface area (TPSA) is 66.5 Å². The first kappa shape index (κ1) is 14.7. The van der Waals surface area contributed by atoms with Crippen LogP contribution >= 0.6 is 15.9 Å². The molecule has 1 unspecified atom stereocenters. The van der Waals surface area contributed by atoms with Gasteiger partial charge in [0.15, 0.2) is 0 Å². The third-order valence-electron chi connectivity index (χ3n) is 3.39. The lowest BCUT2D eigenvalue weighted by Crippen LogP contribution is -2.46. The van der Waals surface area contributed by atoms with Gasteiger partial charge in [0.2, 0.25) is 5.91 Å². The van der Waals surface area contributed by atoms with Gasteiger partial charge >= 0.3 is 0 Å². The quantitative estimate of drug-likeness (QED) is 0.827. The monoisotopic (exact) mass is 338 g/mol. The van der Waals surface area contributed by atoms with E-state index in [1.165, 1.54) is 11.9 Å². The van der Waals surface area contributed by atoms with Crippen molar-refractivity contribution in [2.75, 3.05) is 7.05 Å². The van der Waals surface area contributed by atoms with E-state index in [1.54, 1.807) is 6.07 Å². The number of aldehydes is 1. The van der Waals surface area contributed by atoms with Gasteiger partial charge in [-0.2, -0.15) is 0 Å². The molecule has 106 valence electrons. The Hall–Kier alpha value is -1.69. The second kappa shape index (κ2) is 6.17. The predicted octanol–water partition coefficient (Wildman–Crippen LogP) is 1.50. The molecular formula is C14H15BrN2O3. The van der Waals surface area contributed by atoms with E-state index in [1.807, 2.05) is 12.1 Å². The minimum Gasteiger partial charge on any atom is -0.357 e. The number of halogens is 1. The summed E-state index contributed by atoms with van der Waals surface area (Å²) in [5, 5.41) is 2.55. The molecule has 0 saturated heterocycles. The zero-order valence-electron chi connectivity index (χ0n) is 11.1. The predicted molar refractivity (Wildman–Crippen MR) is 77.2 cm³/mol. The highest BCUT2D eigenvalue weighted by Crippen LogP contribution is 2.28. The van der Waals surface area contributed by atoms with Crippen LogP contribution in [0.25, 0.3) is 0 Å². The van der Waals surface area contributed by atoms with Crippen molar-refractivity contribution in [3.63, 3.8) is 0 Å². The molecule has 1 aromatic rings. The molecule has 0 aliphatic carbocycles. The molecule has 2 amide bonds. The number of amides is 2. The van der Waals surface area contributed by atoms with Gasteiger partial charge in [-0.15, -0.1) is 0 Å². The molecule has 0 fully saturated rings. The first-order valence-electron chi connectivity index (χ1n) is 6.33. The zero-order chi connectivity index (χ0) is 14.7. The lowest BCUT2D eigenvalue weighted by Gasteiger charge is -2.25. The van der Waals surface area contributed by atoms with Crippen molar-refractivity contribution < 1.29 is 14.4 Å². The average Bonchev–Trinajstić information content (AvgIpc) is 2.76. The number of rotatable bonds is 5. The van der Waals surface area contributed by atoms with Gasteiger partial charge in [-0.3, -0.25) is 9.59 Å². The lowest BCUT2D eigenvalue weighted by molar-refractivity contribution is -0.125. The maximum absolute atomic E-state index is 12.4. The van der Waals surface area contributed by atoms with Crippen LogP contribution in [-0.2, 0) is 16.1 Å². The molecule has 1 aliphatic rings. The Morgan fingerprint density at radius 3 is 2.95 bits per heavy atom. The van der Waals surface area contributed by atoms with Crippen LogP contribution in [0.2, 0.25) is 0 Å². The van der Waals surface area contributed by atoms with Crippen molar-refractivity contribution in [3.05, 3.63) is 33.8 Å². The minimum absolute atomic E-state index is 0.166. The number of carbonyl (C=O) groups excluding carboxylic acids is 3. The standard InChI is InChI=1S/C14H15BrN2O3/c1-16-13(19)12(3-2-6-18)17-8-9-4-5-10(15)7-11(9)14(17)20/h4-7,12H,2-3,8H2,1H3,(H,16,19). The maximum Gasteiger partial charge on any atom is 0.255 e. The summed E-state index contributed by atoms with van der Waals surface area (Å²) >= 11 is 3.34. The summed E-state index contributed by atoms with van der Waals surface area (Å²) in [5.41, 5.74) is 1.51. The molecule has 1 atom stereocenters. The molecular weight excluding hydrogens is 324 g/mol. The number of fused-ring (bicyclic) bond motifs is 1. The second-order valence-corrected chi connectivity index (χ2v) is 5.52. The highest BCUT2D eigenvalue weighted by Gasteiger charge is 2.35. The Labute approximate surface area is 125 Å². The number of nitrogens with one attached hydrogen (secondary N) is 1. The number of carbonyl (C=O) groups is 3. The fourth-order valence-electron chi connectivity index (χ4n) is 2.37. The minimum atomic E-state index is -0.608. The first-order chi connectivity index (χ1) is 9.58. The number of nitrogens with zero attached hydrogens (tertiary/aromatic N) is 1. The van der Waals surface area contributed by atoms with Gasteiger partial charge in [0.05, 0.1) is 0 Å². The van der Waals surface area contributed by atoms with E-state index in [-0.39, 0.29) is 18.2 Å². The van der Waals surface area contributed by atoms with Crippen molar-refractivity contribution in [1.29, 1.82) is 0 Å². The highest BCUT2D eigenvalue weighted by molar-refractivity contribution is 9.10. The van der Waals surface area contributed by atoms with Crippen molar-refractivity contribution >= 4 is 34.0 Å². The van der Waals surface area contributed by atoms with E-state index in [0.29, 0.717) is 18.5 Å². The highest BCUT2D eigenvalue weighted by atomic mass is 79.9. The van der Waals surface area contributed by atoms with Crippen LogP contribution in [0.1, 0.15) is 28.8 Å². The van der Waals surface area contributed by atoms with Crippen molar-refractivity contribution in [2.24, 2.45) is 0 Å². The Morgan fingerprint density at radius 1 is 1.55 bits per heavy atom. The summed E-state index contributed by atoms with van der Waals surface area (Å²) in [5.74, 6) is -0.409. The van der Waals surface area contributed by atoms with Gasteiger partial charge in [0.1, 0.15) is 12.3 Å². The molecule has 5 nitrogen and oxygen atoms in total. The Bertz CT molecular complexity index is 559. The molecule has 0 spiro atoms. The van der Waals surface area contributed by atoms with Gasteiger partial charge < -0.3 is 15.0 Å². The van der Waals surface area contributed by atoms with E-state index < -0.39 is 6.04 Å². The molecule has 1 aromatic carbocycles. The normalized spacial score (nSPS) is 14.9. The van der Waals surface area contributed by atoms with E-state index in [2.05, 4.69) is 21.2 Å². The smallest absolute Gasteiger partial charge is 0.255 e. The summed E-state index contributed by atoms with van der Waals surface area (Å²) < 4.78 is 0.829. The van der Waals surface area contributed by atoms with Crippen LogP contribution < -0.4 is 5.32 Å². The Kier molecular flexibility index (Phi) is 4.54. The van der Waals surface area contributed by atoms with Gasteiger partial charge in [-0.05, 0) is 24.1 Å². The summed E-state index contributed by atoms with van der Waals surface area (Å²) in [6.07, 6.45) is 1.35. The van der Waals surface area contributed by atoms with Crippen LogP contribution in [-0.4, -0.2) is 36.1 Å². The van der Waals surface area contributed by atoms with E-state index in [0.717, 1.165) is 16.3 Å². The van der Waals surface area contributed by atoms with Crippen LogP contribution in [0.4, 0.5) is 0 Å². The lowest BCUT2D eigenvalue weighted by atomic mass is 10.1. The van der Waals surface area contributed by atoms with Crippen LogP contribution in [0.3, 0.4) is 0 Å². The molecule has 2 rings (SSSR count). The van der Waals surface area contributed by atoms with Gasteiger partial charge in [-0.1, -0.05) is 22.0 Å². The molecule has 1 heterocycles. The number of likely N-dealkylation sites (N-methyl/N-ethyl adjacent to an activating group) is 1. The molecule has 1 aliphatic heterocycles. The fraction of sp³-hybridized carbons (Fsp3) is 0.357. The molecule has 0 radical (unpaired) electrons. The van der Waals surface area contributed by atoms with Gasteiger partial charge in [0.25, 0.3) is 5.91 Å². The van der Waals surface area contributed by atoms with Crippen molar-refractivity contribution in [2.45, 2.75) is 25.4 Å². The first-order valence-corrected chi connectivity index (χ1v) is 7.12. The number of hydrogen-bond acceptors (Lipinski definition) is 3. The molecule has 0 aromatic heterocycles. The van der Waals surface area contributed by atoms with Gasteiger partial charge in [0, 0.05) is 30.0 Å². The third-order valence-corrected chi connectivity index (χ3v) is 3.88. The molecule has 0 saturated carbocycles. The fourth-order valence-corrected chi connectivity index (χ4v) is 2.73. The van der Waals surface area contributed by atoms with Gasteiger partial charge in [-0.25, -0.2) is 0 Å². The van der Waals surface area contributed by atoms with E-state index in [4.69, 9.17) is 0 Å². The molecule has 1 N–H and O–H groups in total. The third kappa shape index (κ3) is 2.75. The molecule has 20 heavy (non-hydrogen) atoms. The zero-order valence-corrected chi connectivity index (χ0v) is 12.6. The van der Waals surface area contributed by atoms with Crippen LogP contribution in [0.5, 0.6) is 0 Å². The molecule has 6 heteroatoms. The van der Waals surface area contributed by atoms with Crippen molar-refractivity contribution in [3.8, 4) is 0 Å². The summed E-state index contributed by atoms with van der Waals surface area (Å²) in [4.78, 5) is 36.4. The van der Waals surface area contributed by atoms with E-state index >= 15 is 0 Å². The van der Waals surface area contributed by atoms with Crippen LogP contribution in [0, 0.1) is 0 Å². The molecule has 0 bridgehead atoms. The average molecular weight is 339 g/mol. The maximum atomic E-state index is 12.4. The van der Waals surface area contributed by atoms with Crippen LogP contribution in [0.15, 0.2) is 22.7 Å². The number of hydrogen-bond donors (Lipinski definition) is 1. The SMILES string of the molecule is CNC(=O)C(CCC=O)N1Cc2ccc(Br)cc2C1=O. The largest absolute Gasteiger partial charge is 0.357 e. The second-order valence-electron chi connectivity index (χ2n) is 4.61. The summed E-state index contributed by atoms with van der Waals surface area (Å²) in [7, 11) is 1.53. The summed E-state index contributed by atoms with van der Waals surface area (Å²) in [6.45, 7) is 0.401. The Morgan fingerprint density at radius 2 is 2.30 bits per heavy atom. The summed E-state index contributed by atoms with van der Waals surface area (Å²) in [6, 6.07) is 4.90. The number of benzene rings is 1. The Balaban J connectivity index is 2.26.